The van der Waals surface area contributed by atoms with E-state index in [2.05, 4.69) is 25.6 Å². The third-order valence-electron chi connectivity index (χ3n) is 2.67. The van der Waals surface area contributed by atoms with E-state index in [1.54, 1.807) is 0 Å². The van der Waals surface area contributed by atoms with Crippen molar-refractivity contribution in [3.63, 3.8) is 0 Å². The Labute approximate surface area is 150 Å². The van der Waals surface area contributed by atoms with Crippen LogP contribution in [0.2, 0.25) is 0 Å². The van der Waals surface area contributed by atoms with Crippen molar-refractivity contribution >= 4 is 40.0 Å². The monoisotopic (exact) mass is 392 g/mol. The summed E-state index contributed by atoms with van der Waals surface area (Å²) in [5.74, 6) is 0.431. The average molecular weight is 392 g/mol. The molecule has 0 saturated heterocycles. The van der Waals surface area contributed by atoms with Crippen LogP contribution in [0.4, 0.5) is 28.8 Å². The first-order chi connectivity index (χ1) is 11.8. The Morgan fingerprint density at radius 1 is 1.28 bits per heavy atom. The number of thioether (sulfide) groups is 1. The van der Waals surface area contributed by atoms with E-state index in [1.807, 2.05) is 31.2 Å². The Kier molecular flexibility index (Phi) is 6.88. The maximum atomic E-state index is 11.9. The zero-order valence-electron chi connectivity index (χ0n) is 13.1. The van der Waals surface area contributed by atoms with Crippen LogP contribution in [0.15, 0.2) is 28.6 Å². The Morgan fingerprint density at radius 2 is 2.00 bits per heavy atom. The molecule has 0 saturated carbocycles. The van der Waals surface area contributed by atoms with Crippen LogP contribution in [0.1, 0.15) is 5.56 Å². The predicted octanol–water partition coefficient (Wildman–Crippen LogP) is 3.97. The highest BCUT2D eigenvalue weighted by Crippen LogP contribution is 2.27. The van der Waals surface area contributed by atoms with Gasteiger partial charge in [-0.3, -0.25) is 0 Å². The van der Waals surface area contributed by atoms with E-state index in [1.165, 1.54) is 23.1 Å². The van der Waals surface area contributed by atoms with Crippen molar-refractivity contribution in [2.24, 2.45) is 0 Å². The highest BCUT2D eigenvalue weighted by molar-refractivity contribution is 8.01. The van der Waals surface area contributed by atoms with Crippen molar-refractivity contribution in [2.45, 2.75) is 17.4 Å². The molecule has 2 aromatic rings. The van der Waals surface area contributed by atoms with Gasteiger partial charge in [0.25, 0.3) is 0 Å². The van der Waals surface area contributed by atoms with E-state index in [0.29, 0.717) is 15.2 Å². The number of ether oxygens (including phenoxy) is 1. The molecule has 136 valence electrons. The third-order valence-corrected chi connectivity index (χ3v) is 4.65. The maximum absolute atomic E-state index is 11.9. The van der Waals surface area contributed by atoms with Gasteiger partial charge >= 0.3 is 12.3 Å². The number of hydrogen-bond acceptors (Lipinski definition) is 7. The summed E-state index contributed by atoms with van der Waals surface area (Å²) < 4.78 is 40.3. The van der Waals surface area contributed by atoms with E-state index < -0.39 is 18.9 Å². The number of rotatable bonds is 7. The molecule has 0 aliphatic rings. The first-order valence-corrected chi connectivity index (χ1v) is 8.89. The van der Waals surface area contributed by atoms with Gasteiger partial charge in [-0.15, -0.1) is 10.2 Å². The minimum Gasteiger partial charge on any atom is -0.440 e. The summed E-state index contributed by atoms with van der Waals surface area (Å²) in [6.45, 7) is 0.550. The van der Waals surface area contributed by atoms with E-state index in [0.717, 1.165) is 11.3 Å². The predicted molar refractivity (Wildman–Crippen MR) is 90.5 cm³/mol. The van der Waals surface area contributed by atoms with Crippen molar-refractivity contribution in [3.05, 3.63) is 29.8 Å². The van der Waals surface area contributed by atoms with Crippen molar-refractivity contribution < 1.29 is 22.7 Å². The van der Waals surface area contributed by atoms with Gasteiger partial charge in [0.15, 0.2) is 10.9 Å². The highest BCUT2D eigenvalue weighted by Gasteiger charge is 2.29. The summed E-state index contributed by atoms with van der Waals surface area (Å²) in [6.07, 6.45) is -5.63. The number of alkyl carbamates (subject to hydrolysis) is 1. The van der Waals surface area contributed by atoms with Gasteiger partial charge in [-0.05, 0) is 19.1 Å². The van der Waals surface area contributed by atoms with E-state index >= 15 is 0 Å². The lowest BCUT2D eigenvalue weighted by Gasteiger charge is -2.08. The van der Waals surface area contributed by atoms with Crippen LogP contribution in [0.3, 0.4) is 0 Å². The van der Waals surface area contributed by atoms with Gasteiger partial charge in [0.1, 0.15) is 0 Å². The average Bonchev–Trinajstić information content (AvgIpc) is 2.98. The second-order valence-electron chi connectivity index (χ2n) is 4.83. The topological polar surface area (TPSA) is 76.1 Å². The summed E-state index contributed by atoms with van der Waals surface area (Å²) in [4.78, 5) is 11.1. The van der Waals surface area contributed by atoms with Crippen LogP contribution in [-0.4, -0.2) is 41.4 Å². The Morgan fingerprint density at radius 3 is 2.68 bits per heavy atom. The molecule has 1 aromatic heterocycles. The first kappa shape index (κ1) is 19.3. The molecule has 1 heterocycles. The summed E-state index contributed by atoms with van der Waals surface area (Å²) >= 11 is 2.67. The largest absolute Gasteiger partial charge is 0.440 e. The number of halogens is 3. The summed E-state index contributed by atoms with van der Waals surface area (Å²) in [5.41, 5.74) is 2.05. The van der Waals surface area contributed by atoms with Crippen molar-refractivity contribution in [3.8, 4) is 0 Å². The number of anilines is 2. The molecule has 1 amide bonds. The van der Waals surface area contributed by atoms with Crippen LogP contribution in [-0.2, 0) is 4.74 Å². The molecular weight excluding hydrogens is 377 g/mol. The number of nitrogens with one attached hydrogen (secondary N) is 2. The summed E-state index contributed by atoms with van der Waals surface area (Å²) in [5, 5.41) is 14.0. The molecule has 11 heteroatoms. The molecule has 6 nitrogen and oxygen atoms in total. The third kappa shape index (κ3) is 7.61. The van der Waals surface area contributed by atoms with Gasteiger partial charge in [0, 0.05) is 18.0 Å². The second-order valence-corrected chi connectivity index (χ2v) is 7.15. The normalized spacial score (nSPS) is 11.2. The van der Waals surface area contributed by atoms with E-state index in [9.17, 15) is 18.0 Å². The maximum Gasteiger partial charge on any atom is 0.422 e. The molecular formula is C14H15F3N4O2S2. The van der Waals surface area contributed by atoms with Gasteiger partial charge in [-0.25, -0.2) is 4.79 Å². The van der Waals surface area contributed by atoms with Gasteiger partial charge in [0.2, 0.25) is 5.13 Å². The van der Waals surface area contributed by atoms with E-state index in [-0.39, 0.29) is 6.54 Å². The number of amides is 1. The van der Waals surface area contributed by atoms with Crippen LogP contribution in [0.5, 0.6) is 0 Å². The van der Waals surface area contributed by atoms with Gasteiger partial charge < -0.3 is 15.4 Å². The number of hydrogen-bond donors (Lipinski definition) is 2. The van der Waals surface area contributed by atoms with Crippen LogP contribution in [0, 0.1) is 6.92 Å². The molecule has 0 radical (unpaired) electrons. The number of aryl methyl sites for hydroxylation is 1. The fourth-order valence-corrected chi connectivity index (χ4v) is 3.27. The molecule has 0 bridgehead atoms. The van der Waals surface area contributed by atoms with Gasteiger partial charge in [-0.2, -0.15) is 13.2 Å². The fraction of sp³-hybridized carbons (Fsp3) is 0.357. The zero-order valence-corrected chi connectivity index (χ0v) is 14.7. The quantitative estimate of drug-likeness (QED) is 0.549. The van der Waals surface area contributed by atoms with Crippen molar-refractivity contribution in [1.82, 2.24) is 15.5 Å². The van der Waals surface area contributed by atoms with Crippen molar-refractivity contribution in [2.75, 3.05) is 24.2 Å². The number of benzene rings is 1. The van der Waals surface area contributed by atoms with Gasteiger partial charge in [-0.1, -0.05) is 40.8 Å². The molecule has 25 heavy (non-hydrogen) atoms. The zero-order chi connectivity index (χ0) is 18.3. The second kappa shape index (κ2) is 8.90. The fourth-order valence-electron chi connectivity index (χ4n) is 1.57. The molecule has 0 aliphatic heterocycles. The van der Waals surface area contributed by atoms with E-state index in [4.69, 9.17) is 0 Å². The smallest absolute Gasteiger partial charge is 0.422 e. The Balaban J connectivity index is 1.67. The Hall–Kier alpha value is -2.01. The lowest BCUT2D eigenvalue weighted by atomic mass is 10.2. The van der Waals surface area contributed by atoms with Crippen LogP contribution in [0.25, 0.3) is 0 Å². The molecule has 0 aliphatic carbocycles. The standard InChI is InChI=1S/C14H15F3N4O2S2/c1-9-2-4-10(5-3-9)19-11-20-21-13(25-11)24-7-6-18-12(22)23-8-14(15,16)17/h2-5H,6-8H2,1H3,(H,18,22)(H,19,20). The minimum atomic E-state index is -4.53. The molecule has 2 N–H and O–H groups in total. The van der Waals surface area contributed by atoms with Crippen molar-refractivity contribution in [1.29, 1.82) is 0 Å². The van der Waals surface area contributed by atoms with Gasteiger partial charge in [0.05, 0.1) is 0 Å². The first-order valence-electron chi connectivity index (χ1n) is 7.09. The Bertz CT molecular complexity index is 692. The molecule has 0 atom stereocenters. The number of aromatic nitrogens is 2. The lowest BCUT2D eigenvalue weighted by Crippen LogP contribution is -2.30. The number of alkyl halides is 3. The number of carbonyl (C=O) groups excluding carboxylic acids is 1. The lowest BCUT2D eigenvalue weighted by molar-refractivity contribution is -0.160. The minimum absolute atomic E-state index is 0.154. The van der Waals surface area contributed by atoms with Crippen LogP contribution >= 0.6 is 23.1 Å². The SMILES string of the molecule is Cc1ccc(Nc2nnc(SCCNC(=O)OCC(F)(F)F)s2)cc1. The summed E-state index contributed by atoms with van der Waals surface area (Å²) in [6, 6.07) is 7.81. The molecule has 0 spiro atoms. The summed E-state index contributed by atoms with van der Waals surface area (Å²) in [7, 11) is 0. The number of carbonyl (C=O) groups is 1. The van der Waals surface area contributed by atoms with Crippen LogP contribution < -0.4 is 10.6 Å². The number of nitrogens with zero attached hydrogens (tertiary/aromatic N) is 2. The molecule has 1 aromatic carbocycles. The molecule has 0 unspecified atom stereocenters. The molecule has 0 fully saturated rings. The highest BCUT2D eigenvalue weighted by atomic mass is 32.2. The molecule has 2 rings (SSSR count).